The molecule has 0 saturated carbocycles. The molecule has 0 fully saturated rings. The fraction of sp³-hybridized carbons (Fsp3) is 0.250. The van der Waals surface area contributed by atoms with E-state index in [9.17, 15) is 8.78 Å². The van der Waals surface area contributed by atoms with Gasteiger partial charge in [0, 0.05) is 25.2 Å². The number of nitrogens with zero attached hydrogens (tertiary/aromatic N) is 2. The van der Waals surface area contributed by atoms with Gasteiger partial charge in [-0.2, -0.15) is 5.10 Å². The van der Waals surface area contributed by atoms with Crippen molar-refractivity contribution >= 4 is 18.2 Å². The Bertz CT molecular complexity index is 540. The first-order valence-electron chi connectivity index (χ1n) is 5.24. The summed E-state index contributed by atoms with van der Waals surface area (Å²) in [5.74, 6) is -0.0895. The van der Waals surface area contributed by atoms with E-state index < -0.39 is 11.6 Å². The molecule has 0 atom stereocenters. The van der Waals surface area contributed by atoms with Crippen LogP contribution in [0.1, 0.15) is 11.3 Å². The SMILES string of the molecule is Cc1cc(NCc2cc(F)ccc2F)n(C)n1.Cl. The molecule has 18 heavy (non-hydrogen) atoms. The van der Waals surface area contributed by atoms with Crippen LogP contribution in [-0.4, -0.2) is 9.78 Å². The van der Waals surface area contributed by atoms with Gasteiger partial charge < -0.3 is 5.32 Å². The largest absolute Gasteiger partial charge is 0.366 e. The molecular weight excluding hydrogens is 260 g/mol. The number of anilines is 1. The molecule has 2 aromatic rings. The molecule has 1 heterocycles. The molecule has 0 spiro atoms. The van der Waals surface area contributed by atoms with Gasteiger partial charge in [0.15, 0.2) is 0 Å². The maximum absolute atomic E-state index is 13.3. The number of halogens is 3. The number of rotatable bonds is 3. The zero-order valence-electron chi connectivity index (χ0n) is 10.1. The average Bonchev–Trinajstić information content (AvgIpc) is 2.59. The van der Waals surface area contributed by atoms with Gasteiger partial charge in [-0.15, -0.1) is 12.4 Å². The van der Waals surface area contributed by atoms with Crippen LogP contribution < -0.4 is 5.32 Å². The van der Waals surface area contributed by atoms with E-state index >= 15 is 0 Å². The Balaban J connectivity index is 0.00000162. The first-order chi connectivity index (χ1) is 8.06. The van der Waals surface area contributed by atoms with Gasteiger partial charge in [-0.1, -0.05) is 0 Å². The summed E-state index contributed by atoms with van der Waals surface area (Å²) in [7, 11) is 1.79. The molecule has 98 valence electrons. The van der Waals surface area contributed by atoms with Gasteiger partial charge in [0.2, 0.25) is 0 Å². The van der Waals surface area contributed by atoms with Crippen LogP contribution >= 0.6 is 12.4 Å². The molecule has 0 amide bonds. The van der Waals surface area contributed by atoms with Crippen LogP contribution in [0.3, 0.4) is 0 Å². The number of nitrogens with one attached hydrogen (secondary N) is 1. The van der Waals surface area contributed by atoms with Crippen molar-refractivity contribution in [3.05, 3.63) is 47.2 Å². The van der Waals surface area contributed by atoms with Gasteiger partial charge in [-0.05, 0) is 25.1 Å². The lowest BCUT2D eigenvalue weighted by Gasteiger charge is -2.07. The number of benzene rings is 1. The second-order valence-corrected chi connectivity index (χ2v) is 3.88. The van der Waals surface area contributed by atoms with E-state index in [1.807, 2.05) is 13.0 Å². The first kappa shape index (κ1) is 14.4. The van der Waals surface area contributed by atoms with Gasteiger partial charge >= 0.3 is 0 Å². The third-order valence-electron chi connectivity index (χ3n) is 2.47. The van der Waals surface area contributed by atoms with Crippen molar-refractivity contribution in [3.63, 3.8) is 0 Å². The van der Waals surface area contributed by atoms with Crippen LogP contribution in [0, 0.1) is 18.6 Å². The van der Waals surface area contributed by atoms with E-state index in [1.54, 1.807) is 11.7 Å². The standard InChI is InChI=1S/C12H13F2N3.ClH/c1-8-5-12(17(2)16-8)15-7-9-6-10(13)3-4-11(9)14;/h3-6,15H,7H2,1-2H3;1H. The Kier molecular flexibility index (Phi) is 4.67. The van der Waals surface area contributed by atoms with Gasteiger partial charge in [0.25, 0.3) is 0 Å². The predicted octanol–water partition coefficient (Wildman–Crippen LogP) is 3.04. The highest BCUT2D eigenvalue weighted by Crippen LogP contribution is 2.13. The minimum absolute atomic E-state index is 0. The molecule has 0 aliphatic heterocycles. The van der Waals surface area contributed by atoms with Gasteiger partial charge in [0.05, 0.1) is 5.69 Å². The fourth-order valence-electron chi connectivity index (χ4n) is 1.64. The minimum Gasteiger partial charge on any atom is -0.366 e. The molecule has 1 N–H and O–H groups in total. The van der Waals surface area contributed by atoms with Crippen molar-refractivity contribution in [2.24, 2.45) is 7.05 Å². The van der Waals surface area contributed by atoms with Crippen LogP contribution in [0.4, 0.5) is 14.6 Å². The number of hydrogen-bond acceptors (Lipinski definition) is 2. The van der Waals surface area contributed by atoms with Gasteiger partial charge in [-0.25, -0.2) is 8.78 Å². The van der Waals surface area contributed by atoms with E-state index in [-0.39, 0.29) is 19.0 Å². The van der Waals surface area contributed by atoms with E-state index in [0.29, 0.717) is 5.56 Å². The van der Waals surface area contributed by atoms with Crippen molar-refractivity contribution in [2.45, 2.75) is 13.5 Å². The van der Waals surface area contributed by atoms with Crippen molar-refractivity contribution in [2.75, 3.05) is 5.32 Å². The summed E-state index contributed by atoms with van der Waals surface area (Å²) in [6.07, 6.45) is 0. The third-order valence-corrected chi connectivity index (χ3v) is 2.47. The zero-order chi connectivity index (χ0) is 12.4. The highest BCUT2D eigenvalue weighted by atomic mass is 35.5. The monoisotopic (exact) mass is 273 g/mol. The van der Waals surface area contributed by atoms with Crippen molar-refractivity contribution in [1.29, 1.82) is 0 Å². The first-order valence-corrected chi connectivity index (χ1v) is 5.24. The molecule has 1 aromatic carbocycles. The lowest BCUT2D eigenvalue weighted by molar-refractivity contribution is 0.587. The van der Waals surface area contributed by atoms with E-state index in [4.69, 9.17) is 0 Å². The fourth-order valence-corrected chi connectivity index (χ4v) is 1.64. The topological polar surface area (TPSA) is 29.9 Å². The lowest BCUT2D eigenvalue weighted by atomic mass is 10.2. The van der Waals surface area contributed by atoms with Gasteiger partial charge in [0.1, 0.15) is 17.5 Å². The van der Waals surface area contributed by atoms with E-state index in [1.165, 1.54) is 6.07 Å². The van der Waals surface area contributed by atoms with Crippen LogP contribution in [-0.2, 0) is 13.6 Å². The summed E-state index contributed by atoms with van der Waals surface area (Å²) in [5, 5.41) is 7.16. The molecule has 3 nitrogen and oxygen atoms in total. The number of hydrogen-bond donors (Lipinski definition) is 1. The molecule has 6 heteroatoms. The smallest absolute Gasteiger partial charge is 0.128 e. The molecule has 0 saturated heterocycles. The van der Waals surface area contributed by atoms with Crippen LogP contribution in [0.2, 0.25) is 0 Å². The molecule has 0 aliphatic carbocycles. The number of aryl methyl sites for hydroxylation is 2. The molecule has 2 rings (SSSR count). The Morgan fingerprint density at radius 2 is 2.00 bits per heavy atom. The molecule has 1 aromatic heterocycles. The Morgan fingerprint density at radius 1 is 1.28 bits per heavy atom. The zero-order valence-corrected chi connectivity index (χ0v) is 10.9. The summed E-state index contributed by atoms with van der Waals surface area (Å²) in [6.45, 7) is 2.09. The minimum atomic E-state index is -0.440. The third kappa shape index (κ3) is 3.20. The van der Waals surface area contributed by atoms with E-state index in [2.05, 4.69) is 10.4 Å². The van der Waals surface area contributed by atoms with Crippen molar-refractivity contribution < 1.29 is 8.78 Å². The lowest BCUT2D eigenvalue weighted by Crippen LogP contribution is -2.06. The molecule has 0 aliphatic rings. The quantitative estimate of drug-likeness (QED) is 0.932. The molecular formula is C12H14ClF2N3. The summed E-state index contributed by atoms with van der Waals surface area (Å²) in [4.78, 5) is 0. The predicted molar refractivity (Wildman–Crippen MR) is 68.9 cm³/mol. The summed E-state index contributed by atoms with van der Waals surface area (Å²) in [5.41, 5.74) is 1.17. The Morgan fingerprint density at radius 3 is 2.61 bits per heavy atom. The summed E-state index contributed by atoms with van der Waals surface area (Å²) < 4.78 is 28.0. The second kappa shape index (κ2) is 5.82. The normalized spacial score (nSPS) is 10.0. The maximum atomic E-state index is 13.3. The molecule has 0 unspecified atom stereocenters. The summed E-state index contributed by atoms with van der Waals surface area (Å²) >= 11 is 0. The van der Waals surface area contributed by atoms with Crippen LogP contribution in [0.15, 0.2) is 24.3 Å². The second-order valence-electron chi connectivity index (χ2n) is 3.88. The Labute approximate surface area is 110 Å². The molecule has 0 radical (unpaired) electrons. The highest BCUT2D eigenvalue weighted by molar-refractivity contribution is 5.85. The van der Waals surface area contributed by atoms with Crippen molar-refractivity contribution in [1.82, 2.24) is 9.78 Å². The maximum Gasteiger partial charge on any atom is 0.128 e. The Hall–Kier alpha value is -1.62. The average molecular weight is 274 g/mol. The summed E-state index contributed by atoms with van der Waals surface area (Å²) in [6, 6.07) is 5.26. The van der Waals surface area contributed by atoms with Crippen LogP contribution in [0.25, 0.3) is 0 Å². The highest BCUT2D eigenvalue weighted by Gasteiger charge is 2.05. The van der Waals surface area contributed by atoms with E-state index in [0.717, 1.165) is 23.6 Å². The number of aromatic nitrogens is 2. The van der Waals surface area contributed by atoms with Gasteiger partial charge in [-0.3, -0.25) is 4.68 Å². The van der Waals surface area contributed by atoms with Crippen LogP contribution in [0.5, 0.6) is 0 Å². The molecule has 0 bridgehead atoms. The van der Waals surface area contributed by atoms with Crippen molar-refractivity contribution in [3.8, 4) is 0 Å².